The van der Waals surface area contributed by atoms with E-state index in [9.17, 15) is 0 Å². The van der Waals surface area contributed by atoms with Crippen LogP contribution in [0.5, 0.6) is 0 Å². The van der Waals surface area contributed by atoms with E-state index < -0.39 is 0 Å². The quantitative estimate of drug-likeness (QED) is 0.909. The summed E-state index contributed by atoms with van der Waals surface area (Å²) in [4.78, 5) is 2.72. The van der Waals surface area contributed by atoms with Gasteiger partial charge < -0.3 is 10.2 Å². The van der Waals surface area contributed by atoms with E-state index in [0.29, 0.717) is 5.41 Å². The van der Waals surface area contributed by atoms with Gasteiger partial charge in [0.05, 0.1) is 5.54 Å². The molecular formula is C19H30N2. The molecule has 1 atom stereocenters. The predicted molar refractivity (Wildman–Crippen MR) is 89.4 cm³/mol. The van der Waals surface area contributed by atoms with Gasteiger partial charge in [-0.15, -0.1) is 0 Å². The van der Waals surface area contributed by atoms with E-state index >= 15 is 0 Å². The highest BCUT2D eigenvalue weighted by molar-refractivity contribution is 5.24. The summed E-state index contributed by atoms with van der Waals surface area (Å²) in [6.07, 6.45) is 4.11. The van der Waals surface area contributed by atoms with E-state index in [1.807, 2.05) is 0 Å². The summed E-state index contributed by atoms with van der Waals surface area (Å²) in [7, 11) is 0. The van der Waals surface area contributed by atoms with Gasteiger partial charge in [0.15, 0.2) is 0 Å². The molecule has 3 rings (SSSR count). The molecule has 1 aliphatic carbocycles. The topological polar surface area (TPSA) is 15.3 Å². The number of nitrogens with zero attached hydrogens (tertiary/aromatic N) is 1. The van der Waals surface area contributed by atoms with Crippen molar-refractivity contribution in [1.82, 2.24) is 10.2 Å². The molecule has 2 fully saturated rings. The summed E-state index contributed by atoms with van der Waals surface area (Å²) in [6, 6.07) is 11.0. The highest BCUT2D eigenvalue weighted by Crippen LogP contribution is 2.52. The summed E-state index contributed by atoms with van der Waals surface area (Å²) in [5.74, 6) is 0.816. The van der Waals surface area contributed by atoms with Gasteiger partial charge in [-0.3, -0.25) is 0 Å². The van der Waals surface area contributed by atoms with Gasteiger partial charge >= 0.3 is 0 Å². The minimum atomic E-state index is 0.0881. The van der Waals surface area contributed by atoms with Crippen LogP contribution in [0.2, 0.25) is 0 Å². The van der Waals surface area contributed by atoms with Crippen molar-refractivity contribution < 1.29 is 0 Å². The van der Waals surface area contributed by atoms with Crippen LogP contribution >= 0.6 is 0 Å². The molecule has 1 aromatic rings. The van der Waals surface area contributed by atoms with Crippen LogP contribution in [0, 0.1) is 11.3 Å². The van der Waals surface area contributed by atoms with Gasteiger partial charge in [-0.1, -0.05) is 44.2 Å². The highest BCUT2D eigenvalue weighted by Gasteiger charge is 2.47. The fourth-order valence-corrected chi connectivity index (χ4v) is 3.91. The number of hydrogen-bond donors (Lipinski definition) is 1. The molecule has 1 saturated heterocycles. The van der Waals surface area contributed by atoms with E-state index in [2.05, 4.69) is 61.3 Å². The number of hydrogen-bond acceptors (Lipinski definition) is 2. The molecule has 0 bridgehead atoms. The zero-order valence-electron chi connectivity index (χ0n) is 13.9. The summed E-state index contributed by atoms with van der Waals surface area (Å²) >= 11 is 0. The van der Waals surface area contributed by atoms with Crippen molar-refractivity contribution in [3.63, 3.8) is 0 Å². The normalized spacial score (nSPS) is 29.3. The van der Waals surface area contributed by atoms with Crippen LogP contribution in [-0.2, 0) is 5.54 Å². The highest BCUT2D eigenvalue weighted by atomic mass is 15.2. The molecule has 1 saturated carbocycles. The average Bonchev–Trinajstić information content (AvgIpc) is 3.27. The van der Waals surface area contributed by atoms with Gasteiger partial charge in [0, 0.05) is 13.1 Å². The van der Waals surface area contributed by atoms with Crippen LogP contribution in [0.3, 0.4) is 0 Å². The van der Waals surface area contributed by atoms with Crippen molar-refractivity contribution in [3.8, 4) is 0 Å². The second kappa shape index (κ2) is 5.73. The van der Waals surface area contributed by atoms with Crippen molar-refractivity contribution in [2.45, 2.75) is 45.6 Å². The molecule has 2 heteroatoms. The van der Waals surface area contributed by atoms with Crippen LogP contribution < -0.4 is 5.32 Å². The van der Waals surface area contributed by atoms with Crippen molar-refractivity contribution in [2.24, 2.45) is 11.3 Å². The van der Waals surface area contributed by atoms with Gasteiger partial charge in [0.2, 0.25) is 0 Å². The Morgan fingerprint density at radius 3 is 2.52 bits per heavy atom. The maximum Gasteiger partial charge on any atom is 0.0534 e. The minimum absolute atomic E-state index is 0.0881. The van der Waals surface area contributed by atoms with Crippen LogP contribution in [0.15, 0.2) is 30.3 Å². The SMILES string of the molecule is CC(C)C1(CN2CCCNC(C)(c3ccccc3)C2)CC1. The van der Waals surface area contributed by atoms with E-state index in [-0.39, 0.29) is 5.54 Å². The molecule has 2 nitrogen and oxygen atoms in total. The molecular weight excluding hydrogens is 256 g/mol. The maximum absolute atomic E-state index is 3.80. The van der Waals surface area contributed by atoms with Gasteiger partial charge in [-0.2, -0.15) is 0 Å². The maximum atomic E-state index is 3.80. The van der Waals surface area contributed by atoms with E-state index in [0.717, 1.165) is 19.0 Å². The van der Waals surface area contributed by atoms with Crippen LogP contribution in [0.1, 0.15) is 45.6 Å². The Morgan fingerprint density at radius 2 is 1.90 bits per heavy atom. The molecule has 0 aromatic heterocycles. The standard InChI is InChI=1S/C19H30N2/c1-16(2)19(10-11-19)15-21-13-7-12-20-18(3,14-21)17-8-5-4-6-9-17/h4-6,8-9,16,20H,7,10-15H2,1-3H3. The first-order valence-electron chi connectivity index (χ1n) is 8.57. The smallest absolute Gasteiger partial charge is 0.0534 e. The van der Waals surface area contributed by atoms with Gasteiger partial charge in [-0.25, -0.2) is 0 Å². The number of nitrogens with one attached hydrogen (secondary N) is 1. The van der Waals surface area contributed by atoms with Crippen molar-refractivity contribution in [2.75, 3.05) is 26.2 Å². The third kappa shape index (κ3) is 3.17. The molecule has 0 radical (unpaired) electrons. The summed E-state index contributed by atoms with van der Waals surface area (Å²) in [5.41, 5.74) is 2.12. The Morgan fingerprint density at radius 1 is 1.19 bits per heavy atom. The third-order valence-corrected chi connectivity index (χ3v) is 5.77. The second-order valence-electron chi connectivity index (χ2n) is 7.71. The fourth-order valence-electron chi connectivity index (χ4n) is 3.91. The van der Waals surface area contributed by atoms with E-state index in [4.69, 9.17) is 0 Å². The molecule has 2 aliphatic rings. The Balaban J connectivity index is 1.75. The largest absolute Gasteiger partial charge is 0.307 e. The van der Waals surface area contributed by atoms with Gasteiger partial charge in [-0.05, 0) is 56.2 Å². The van der Waals surface area contributed by atoms with Gasteiger partial charge in [0.1, 0.15) is 0 Å². The van der Waals surface area contributed by atoms with E-state index in [1.54, 1.807) is 0 Å². The molecule has 21 heavy (non-hydrogen) atoms. The fraction of sp³-hybridized carbons (Fsp3) is 0.684. The molecule has 0 spiro atoms. The number of benzene rings is 1. The Bertz CT molecular complexity index is 464. The summed E-state index contributed by atoms with van der Waals surface area (Å²) in [5, 5.41) is 3.80. The molecule has 1 N–H and O–H groups in total. The van der Waals surface area contributed by atoms with E-state index in [1.165, 1.54) is 37.9 Å². The second-order valence-corrected chi connectivity index (χ2v) is 7.71. The first kappa shape index (κ1) is 15.1. The lowest BCUT2D eigenvalue weighted by molar-refractivity contribution is 0.159. The Hall–Kier alpha value is -0.860. The average molecular weight is 286 g/mol. The summed E-state index contributed by atoms with van der Waals surface area (Å²) in [6.45, 7) is 12.0. The van der Waals surface area contributed by atoms with Crippen LogP contribution in [-0.4, -0.2) is 31.1 Å². The molecule has 1 heterocycles. The molecule has 1 aromatic carbocycles. The van der Waals surface area contributed by atoms with Gasteiger partial charge in [0.25, 0.3) is 0 Å². The lowest BCUT2D eigenvalue weighted by Gasteiger charge is -2.36. The number of rotatable bonds is 4. The first-order chi connectivity index (χ1) is 10.0. The molecule has 0 amide bonds. The minimum Gasteiger partial charge on any atom is -0.307 e. The lowest BCUT2D eigenvalue weighted by Crippen LogP contribution is -2.47. The third-order valence-electron chi connectivity index (χ3n) is 5.77. The summed E-state index contributed by atoms with van der Waals surface area (Å²) < 4.78 is 0. The monoisotopic (exact) mass is 286 g/mol. The van der Waals surface area contributed by atoms with Crippen molar-refractivity contribution >= 4 is 0 Å². The van der Waals surface area contributed by atoms with Crippen molar-refractivity contribution in [1.29, 1.82) is 0 Å². The molecule has 1 unspecified atom stereocenters. The molecule has 116 valence electrons. The van der Waals surface area contributed by atoms with Crippen LogP contribution in [0.4, 0.5) is 0 Å². The first-order valence-corrected chi connectivity index (χ1v) is 8.57. The molecule has 1 aliphatic heterocycles. The van der Waals surface area contributed by atoms with Crippen LogP contribution in [0.25, 0.3) is 0 Å². The Kier molecular flexibility index (Phi) is 4.11. The van der Waals surface area contributed by atoms with Crippen molar-refractivity contribution in [3.05, 3.63) is 35.9 Å². The predicted octanol–water partition coefficient (Wildman–Crippen LogP) is 3.63. The zero-order chi connectivity index (χ0) is 14.9. The zero-order valence-corrected chi connectivity index (χ0v) is 13.9. The Labute approximate surface area is 129 Å². The lowest BCUT2D eigenvalue weighted by atomic mass is 9.89.